The Morgan fingerprint density at radius 2 is 2.10 bits per heavy atom. The molecule has 6 nitrogen and oxygen atoms in total. The molecular weight excluding hydrogens is 258 g/mol. The fraction of sp³-hybridized carbons (Fsp3) is 0.214. The largest absolute Gasteiger partial charge is 0.481 e. The Morgan fingerprint density at radius 1 is 1.40 bits per heavy atom. The first-order chi connectivity index (χ1) is 9.56. The molecule has 2 aromatic rings. The van der Waals surface area contributed by atoms with Crippen LogP contribution in [0, 0.1) is 6.92 Å². The van der Waals surface area contributed by atoms with Crippen molar-refractivity contribution in [2.45, 2.75) is 12.8 Å². The quantitative estimate of drug-likeness (QED) is 0.764. The molecule has 104 valence electrons. The van der Waals surface area contributed by atoms with Crippen molar-refractivity contribution in [3.8, 4) is 0 Å². The standard InChI is InChI=1S/C14H15N3O3/c1-9-16-12(7-13(18)17-9)15-8-11(14(19)20)10-5-3-2-4-6-10/h2-7,11H,8H2,1H3,(H,19,20)(H2,15,16,17,18). The van der Waals surface area contributed by atoms with Crippen LogP contribution in [-0.2, 0) is 4.79 Å². The molecule has 0 saturated heterocycles. The van der Waals surface area contributed by atoms with Crippen molar-refractivity contribution < 1.29 is 9.90 Å². The van der Waals surface area contributed by atoms with E-state index in [9.17, 15) is 14.7 Å². The fourth-order valence-corrected chi connectivity index (χ4v) is 1.91. The number of H-pyrrole nitrogens is 1. The maximum atomic E-state index is 11.3. The van der Waals surface area contributed by atoms with Crippen molar-refractivity contribution in [2.24, 2.45) is 0 Å². The molecule has 1 unspecified atom stereocenters. The van der Waals surface area contributed by atoms with Gasteiger partial charge in [0.1, 0.15) is 11.6 Å². The van der Waals surface area contributed by atoms with Crippen LogP contribution in [0.25, 0.3) is 0 Å². The number of aliphatic carboxylic acids is 1. The van der Waals surface area contributed by atoms with Crippen molar-refractivity contribution >= 4 is 11.8 Å². The first kappa shape index (κ1) is 13.8. The van der Waals surface area contributed by atoms with Gasteiger partial charge in [0.05, 0.1) is 5.92 Å². The first-order valence-corrected chi connectivity index (χ1v) is 6.16. The molecule has 2 rings (SSSR count). The van der Waals surface area contributed by atoms with Gasteiger partial charge in [0, 0.05) is 12.6 Å². The van der Waals surface area contributed by atoms with E-state index >= 15 is 0 Å². The van der Waals surface area contributed by atoms with Gasteiger partial charge in [-0.15, -0.1) is 0 Å². The zero-order valence-corrected chi connectivity index (χ0v) is 11.0. The number of benzene rings is 1. The van der Waals surface area contributed by atoms with Crippen molar-refractivity contribution in [3.05, 3.63) is 58.1 Å². The molecule has 1 aromatic heterocycles. The Morgan fingerprint density at radius 3 is 2.70 bits per heavy atom. The molecule has 20 heavy (non-hydrogen) atoms. The molecule has 0 spiro atoms. The Hall–Kier alpha value is -2.63. The summed E-state index contributed by atoms with van der Waals surface area (Å²) in [5, 5.41) is 12.2. The van der Waals surface area contributed by atoms with Crippen LogP contribution in [0.1, 0.15) is 17.3 Å². The van der Waals surface area contributed by atoms with Crippen molar-refractivity contribution in [2.75, 3.05) is 11.9 Å². The lowest BCUT2D eigenvalue weighted by Crippen LogP contribution is -2.22. The number of aromatic amines is 1. The minimum atomic E-state index is -0.926. The molecule has 0 fully saturated rings. The van der Waals surface area contributed by atoms with Crippen LogP contribution >= 0.6 is 0 Å². The molecule has 0 aliphatic heterocycles. The minimum Gasteiger partial charge on any atom is -0.481 e. The predicted molar refractivity (Wildman–Crippen MR) is 74.9 cm³/mol. The number of carboxylic acid groups (broad SMARTS) is 1. The van der Waals surface area contributed by atoms with Gasteiger partial charge in [0.25, 0.3) is 5.56 Å². The van der Waals surface area contributed by atoms with Gasteiger partial charge in [-0.05, 0) is 12.5 Å². The molecule has 0 saturated carbocycles. The van der Waals surface area contributed by atoms with Gasteiger partial charge in [-0.3, -0.25) is 9.59 Å². The maximum Gasteiger partial charge on any atom is 0.312 e. The summed E-state index contributed by atoms with van der Waals surface area (Å²) in [5.74, 6) is -0.775. The molecule has 0 aliphatic rings. The van der Waals surface area contributed by atoms with Crippen LogP contribution in [0.4, 0.5) is 5.82 Å². The van der Waals surface area contributed by atoms with E-state index in [0.29, 0.717) is 17.2 Å². The highest BCUT2D eigenvalue weighted by Gasteiger charge is 2.19. The second-order valence-electron chi connectivity index (χ2n) is 4.40. The molecule has 0 radical (unpaired) electrons. The Labute approximate surface area is 115 Å². The van der Waals surface area contributed by atoms with E-state index < -0.39 is 11.9 Å². The van der Waals surface area contributed by atoms with E-state index in [0.717, 1.165) is 0 Å². The number of hydrogen-bond acceptors (Lipinski definition) is 4. The molecule has 3 N–H and O–H groups in total. The van der Waals surface area contributed by atoms with Crippen LogP contribution in [0.3, 0.4) is 0 Å². The van der Waals surface area contributed by atoms with Crippen molar-refractivity contribution in [3.63, 3.8) is 0 Å². The summed E-state index contributed by atoms with van der Waals surface area (Å²) in [6, 6.07) is 10.2. The third-order valence-electron chi connectivity index (χ3n) is 2.85. The highest BCUT2D eigenvalue weighted by atomic mass is 16.4. The molecule has 1 heterocycles. The maximum absolute atomic E-state index is 11.3. The third-order valence-corrected chi connectivity index (χ3v) is 2.85. The van der Waals surface area contributed by atoms with Gasteiger partial charge >= 0.3 is 5.97 Å². The number of anilines is 1. The number of carboxylic acids is 1. The fourth-order valence-electron chi connectivity index (χ4n) is 1.91. The van der Waals surface area contributed by atoms with E-state index in [1.54, 1.807) is 31.2 Å². The minimum absolute atomic E-state index is 0.162. The normalized spacial score (nSPS) is 11.8. The number of hydrogen-bond donors (Lipinski definition) is 3. The van der Waals surface area contributed by atoms with Crippen molar-refractivity contribution in [1.29, 1.82) is 0 Å². The topological polar surface area (TPSA) is 95.1 Å². The molecular formula is C14H15N3O3. The smallest absolute Gasteiger partial charge is 0.312 e. The molecule has 1 atom stereocenters. The number of aromatic nitrogens is 2. The molecule has 0 bridgehead atoms. The second kappa shape index (κ2) is 6.01. The summed E-state index contributed by atoms with van der Waals surface area (Å²) in [4.78, 5) is 29.3. The Balaban J connectivity index is 2.14. The second-order valence-corrected chi connectivity index (χ2v) is 4.40. The zero-order chi connectivity index (χ0) is 14.5. The average molecular weight is 273 g/mol. The monoisotopic (exact) mass is 273 g/mol. The third kappa shape index (κ3) is 3.44. The molecule has 0 aliphatic carbocycles. The van der Waals surface area contributed by atoms with E-state index in [-0.39, 0.29) is 12.1 Å². The average Bonchev–Trinajstić information content (AvgIpc) is 2.38. The first-order valence-electron chi connectivity index (χ1n) is 6.16. The van der Waals surface area contributed by atoms with Crippen LogP contribution in [0.5, 0.6) is 0 Å². The lowest BCUT2D eigenvalue weighted by Gasteiger charge is -2.14. The summed E-state index contributed by atoms with van der Waals surface area (Å²) < 4.78 is 0. The predicted octanol–water partition coefficient (Wildman–Crippen LogP) is 1.36. The van der Waals surface area contributed by atoms with Gasteiger partial charge in [-0.1, -0.05) is 30.3 Å². The van der Waals surface area contributed by atoms with Crippen LogP contribution in [0.2, 0.25) is 0 Å². The van der Waals surface area contributed by atoms with Crippen LogP contribution in [-0.4, -0.2) is 27.6 Å². The van der Waals surface area contributed by atoms with E-state index in [1.807, 2.05) is 6.07 Å². The zero-order valence-electron chi connectivity index (χ0n) is 11.0. The van der Waals surface area contributed by atoms with Gasteiger partial charge in [0.15, 0.2) is 0 Å². The van der Waals surface area contributed by atoms with E-state index in [4.69, 9.17) is 0 Å². The molecule has 1 aromatic carbocycles. The lowest BCUT2D eigenvalue weighted by molar-refractivity contribution is -0.138. The summed E-state index contributed by atoms with van der Waals surface area (Å²) in [5.41, 5.74) is 0.431. The summed E-state index contributed by atoms with van der Waals surface area (Å²) in [7, 11) is 0. The van der Waals surface area contributed by atoms with Gasteiger partial charge in [-0.2, -0.15) is 0 Å². The van der Waals surface area contributed by atoms with Crippen LogP contribution in [0.15, 0.2) is 41.2 Å². The van der Waals surface area contributed by atoms with Gasteiger partial charge < -0.3 is 15.4 Å². The highest BCUT2D eigenvalue weighted by Crippen LogP contribution is 2.16. The molecule has 0 amide bonds. The highest BCUT2D eigenvalue weighted by molar-refractivity contribution is 5.76. The summed E-state index contributed by atoms with van der Waals surface area (Å²) in [6.45, 7) is 1.83. The van der Waals surface area contributed by atoms with Crippen LogP contribution < -0.4 is 10.9 Å². The Bertz CT molecular complexity index is 652. The lowest BCUT2D eigenvalue weighted by atomic mass is 9.99. The van der Waals surface area contributed by atoms with Crippen molar-refractivity contribution in [1.82, 2.24) is 9.97 Å². The summed E-state index contributed by atoms with van der Waals surface area (Å²) >= 11 is 0. The number of aryl methyl sites for hydroxylation is 1. The number of nitrogens with one attached hydrogen (secondary N) is 2. The number of carbonyl (C=O) groups is 1. The van der Waals surface area contributed by atoms with E-state index in [1.165, 1.54) is 6.07 Å². The Kier molecular flexibility index (Phi) is 4.14. The number of rotatable bonds is 5. The SMILES string of the molecule is Cc1nc(NCC(C(=O)O)c2ccccc2)cc(=O)[nH]1. The number of nitrogens with zero attached hydrogens (tertiary/aromatic N) is 1. The van der Waals surface area contributed by atoms with Gasteiger partial charge in [0.2, 0.25) is 0 Å². The molecule has 6 heteroatoms. The van der Waals surface area contributed by atoms with E-state index in [2.05, 4.69) is 15.3 Å². The van der Waals surface area contributed by atoms with Gasteiger partial charge in [-0.25, -0.2) is 4.98 Å². The summed E-state index contributed by atoms with van der Waals surface area (Å²) in [6.07, 6.45) is 0.